The second-order valence-electron chi connectivity index (χ2n) is 7.61. The summed E-state index contributed by atoms with van der Waals surface area (Å²) in [6.45, 7) is 6.48. The van der Waals surface area contributed by atoms with Crippen LogP contribution < -0.4 is 0 Å². The normalized spacial score (nSPS) is 12.4. The van der Waals surface area contributed by atoms with Crippen LogP contribution in [0.4, 0.5) is 0 Å². The maximum Gasteiger partial charge on any atom is 0.139 e. The van der Waals surface area contributed by atoms with Crippen molar-refractivity contribution < 1.29 is 4.52 Å². The van der Waals surface area contributed by atoms with E-state index in [-0.39, 0.29) is 0 Å². The van der Waals surface area contributed by atoms with Crippen LogP contribution in [-0.4, -0.2) is 14.9 Å². The molecule has 0 saturated carbocycles. The first kappa shape index (κ1) is 18.2. The molecule has 0 amide bonds. The first-order valence-electron chi connectivity index (χ1n) is 9.76. The van der Waals surface area contributed by atoms with E-state index in [4.69, 9.17) is 4.52 Å². The Hall–Kier alpha value is -3.14. The third kappa shape index (κ3) is 3.91. The fraction of sp³-hybridized carbons (Fsp3) is 0.250. The molecule has 0 saturated heterocycles. The molecule has 142 valence electrons. The highest BCUT2D eigenvalue weighted by Gasteiger charge is 2.11. The molecule has 1 unspecified atom stereocenters. The maximum absolute atomic E-state index is 5.41. The van der Waals surface area contributed by atoms with Crippen molar-refractivity contribution in [2.24, 2.45) is 0 Å². The Kier molecular flexibility index (Phi) is 5.11. The lowest BCUT2D eigenvalue weighted by Crippen LogP contribution is -2.00. The van der Waals surface area contributed by atoms with Gasteiger partial charge < -0.3 is 4.52 Å². The molecule has 2 aromatic heterocycles. The van der Waals surface area contributed by atoms with Gasteiger partial charge in [0.05, 0.1) is 5.69 Å². The molecule has 0 bridgehead atoms. The van der Waals surface area contributed by atoms with Gasteiger partial charge in [0.2, 0.25) is 0 Å². The zero-order valence-electron chi connectivity index (χ0n) is 16.5. The first-order chi connectivity index (χ1) is 13.6. The van der Waals surface area contributed by atoms with Gasteiger partial charge in [-0.1, -0.05) is 62.3 Å². The van der Waals surface area contributed by atoms with Crippen molar-refractivity contribution in [2.75, 3.05) is 0 Å². The van der Waals surface area contributed by atoms with Crippen molar-refractivity contribution >= 4 is 0 Å². The van der Waals surface area contributed by atoms with Crippen molar-refractivity contribution in [1.29, 1.82) is 0 Å². The highest BCUT2D eigenvalue weighted by atomic mass is 16.5. The van der Waals surface area contributed by atoms with Gasteiger partial charge in [-0.2, -0.15) is 5.10 Å². The van der Waals surface area contributed by atoms with Crippen LogP contribution in [0, 0.1) is 0 Å². The highest BCUT2D eigenvalue weighted by Crippen LogP contribution is 2.26. The largest absolute Gasteiger partial charge is 0.361 e. The van der Waals surface area contributed by atoms with E-state index in [1.807, 2.05) is 23.0 Å². The predicted molar refractivity (Wildman–Crippen MR) is 112 cm³/mol. The SMILES string of the molecule is CC(C)c1cc(-c2ccc(CC(C)c3ccc(-n4cccn4)cc3)cc2)no1. The van der Waals surface area contributed by atoms with E-state index < -0.39 is 0 Å². The zero-order chi connectivity index (χ0) is 19.5. The quantitative estimate of drug-likeness (QED) is 0.418. The smallest absolute Gasteiger partial charge is 0.139 e. The molecule has 0 N–H and O–H groups in total. The van der Waals surface area contributed by atoms with Crippen LogP contribution in [0.2, 0.25) is 0 Å². The lowest BCUT2D eigenvalue weighted by molar-refractivity contribution is 0.373. The van der Waals surface area contributed by atoms with E-state index in [0.29, 0.717) is 11.8 Å². The Labute approximate surface area is 165 Å². The second kappa shape index (κ2) is 7.85. The molecule has 0 fully saturated rings. The molecule has 28 heavy (non-hydrogen) atoms. The molecule has 0 aliphatic heterocycles. The molecule has 4 aromatic rings. The van der Waals surface area contributed by atoms with Crippen molar-refractivity contribution in [3.8, 4) is 16.9 Å². The van der Waals surface area contributed by atoms with E-state index in [1.165, 1.54) is 11.1 Å². The lowest BCUT2D eigenvalue weighted by Gasteiger charge is -2.13. The number of aromatic nitrogens is 3. The summed E-state index contributed by atoms with van der Waals surface area (Å²) in [7, 11) is 0. The van der Waals surface area contributed by atoms with Crippen LogP contribution in [0.1, 0.15) is 49.5 Å². The van der Waals surface area contributed by atoms with Gasteiger partial charge in [-0.3, -0.25) is 0 Å². The van der Waals surface area contributed by atoms with Gasteiger partial charge in [0.15, 0.2) is 0 Å². The highest BCUT2D eigenvalue weighted by molar-refractivity contribution is 5.59. The van der Waals surface area contributed by atoms with Gasteiger partial charge in [0.1, 0.15) is 11.5 Å². The van der Waals surface area contributed by atoms with E-state index >= 15 is 0 Å². The summed E-state index contributed by atoms with van der Waals surface area (Å²) in [5, 5.41) is 8.47. The monoisotopic (exact) mass is 371 g/mol. The molecule has 0 aliphatic carbocycles. The molecular weight excluding hydrogens is 346 g/mol. The average molecular weight is 371 g/mol. The topological polar surface area (TPSA) is 43.9 Å². The van der Waals surface area contributed by atoms with Gasteiger partial charge in [0, 0.05) is 29.9 Å². The number of hydrogen-bond acceptors (Lipinski definition) is 3. The number of rotatable bonds is 6. The summed E-state index contributed by atoms with van der Waals surface area (Å²) in [6, 6.07) is 21.2. The molecule has 0 spiro atoms. The molecule has 4 heteroatoms. The Bertz CT molecular complexity index is 1010. The van der Waals surface area contributed by atoms with Crippen molar-refractivity contribution in [3.63, 3.8) is 0 Å². The molecule has 4 rings (SSSR count). The molecule has 0 radical (unpaired) electrons. The Morgan fingerprint density at radius 3 is 2.32 bits per heavy atom. The zero-order valence-corrected chi connectivity index (χ0v) is 16.5. The molecule has 2 heterocycles. The summed E-state index contributed by atoms with van der Waals surface area (Å²) in [6.07, 6.45) is 4.75. The minimum atomic E-state index is 0.348. The van der Waals surface area contributed by atoms with Crippen LogP contribution in [-0.2, 0) is 6.42 Å². The fourth-order valence-electron chi connectivity index (χ4n) is 3.36. The summed E-state index contributed by atoms with van der Waals surface area (Å²) < 4.78 is 7.29. The van der Waals surface area contributed by atoms with Gasteiger partial charge in [0.25, 0.3) is 0 Å². The number of benzene rings is 2. The van der Waals surface area contributed by atoms with Gasteiger partial charge in [-0.25, -0.2) is 4.68 Å². The minimum Gasteiger partial charge on any atom is -0.361 e. The van der Waals surface area contributed by atoms with Gasteiger partial charge in [-0.15, -0.1) is 0 Å². The van der Waals surface area contributed by atoms with Gasteiger partial charge >= 0.3 is 0 Å². The lowest BCUT2D eigenvalue weighted by atomic mass is 9.93. The van der Waals surface area contributed by atoms with E-state index in [2.05, 4.69) is 79.6 Å². The third-order valence-electron chi connectivity index (χ3n) is 5.12. The van der Waals surface area contributed by atoms with Crippen molar-refractivity contribution in [2.45, 2.75) is 39.0 Å². The fourth-order valence-corrected chi connectivity index (χ4v) is 3.36. The van der Waals surface area contributed by atoms with Crippen LogP contribution >= 0.6 is 0 Å². The molecular formula is C24H25N3O. The average Bonchev–Trinajstić information content (AvgIpc) is 3.41. The van der Waals surface area contributed by atoms with Gasteiger partial charge in [-0.05, 0) is 41.7 Å². The number of nitrogens with zero attached hydrogens (tertiary/aromatic N) is 3. The second-order valence-corrected chi connectivity index (χ2v) is 7.61. The summed E-state index contributed by atoms with van der Waals surface area (Å²) in [4.78, 5) is 0. The van der Waals surface area contributed by atoms with Crippen LogP contribution in [0.3, 0.4) is 0 Å². The summed E-state index contributed by atoms with van der Waals surface area (Å²) >= 11 is 0. The molecule has 4 nitrogen and oxygen atoms in total. The third-order valence-corrected chi connectivity index (χ3v) is 5.12. The van der Waals surface area contributed by atoms with E-state index in [9.17, 15) is 0 Å². The molecule has 1 atom stereocenters. The van der Waals surface area contributed by atoms with Crippen LogP contribution in [0.5, 0.6) is 0 Å². The predicted octanol–water partition coefficient (Wildman–Crippen LogP) is 6.00. The maximum atomic E-state index is 5.41. The first-order valence-corrected chi connectivity index (χ1v) is 9.76. The Morgan fingerprint density at radius 1 is 0.964 bits per heavy atom. The van der Waals surface area contributed by atoms with Crippen molar-refractivity contribution in [1.82, 2.24) is 14.9 Å². The standard InChI is InChI=1S/C24H25N3O/c1-17(2)24-16-23(26-28-24)21-7-5-19(6-8-21)15-18(3)20-9-11-22(12-10-20)27-14-4-13-25-27/h4-14,16-18H,15H2,1-3H3. The van der Waals surface area contributed by atoms with Crippen molar-refractivity contribution in [3.05, 3.63) is 89.9 Å². The summed E-state index contributed by atoms with van der Waals surface area (Å²) in [5.74, 6) is 1.71. The molecule has 2 aromatic carbocycles. The molecule has 0 aliphatic rings. The van der Waals surface area contributed by atoms with E-state index in [0.717, 1.165) is 29.1 Å². The van der Waals surface area contributed by atoms with Crippen LogP contribution in [0.25, 0.3) is 16.9 Å². The number of hydrogen-bond donors (Lipinski definition) is 0. The minimum absolute atomic E-state index is 0.348. The Morgan fingerprint density at radius 2 is 1.71 bits per heavy atom. The van der Waals surface area contributed by atoms with Crippen LogP contribution in [0.15, 0.2) is 77.6 Å². The summed E-state index contributed by atoms with van der Waals surface area (Å²) in [5.41, 5.74) is 5.73. The van der Waals surface area contributed by atoms with E-state index in [1.54, 1.807) is 6.20 Å². The Balaban J connectivity index is 1.43.